The van der Waals surface area contributed by atoms with E-state index in [9.17, 15) is 0 Å². The summed E-state index contributed by atoms with van der Waals surface area (Å²) in [7, 11) is 1.83. The zero-order valence-electron chi connectivity index (χ0n) is 12.2. The Balaban J connectivity index is 2.17. The molecule has 0 amide bonds. The van der Waals surface area contributed by atoms with E-state index in [0.717, 1.165) is 24.3 Å². The summed E-state index contributed by atoms with van der Waals surface area (Å²) in [6.07, 6.45) is 1.86. The molecule has 0 unspecified atom stereocenters. The lowest BCUT2D eigenvalue weighted by Crippen LogP contribution is -1.97. The maximum absolute atomic E-state index is 6.08. The second kappa shape index (κ2) is 6.32. The molecule has 1 aromatic heterocycles. The van der Waals surface area contributed by atoms with Crippen LogP contribution in [0.4, 0.5) is 5.69 Å². The van der Waals surface area contributed by atoms with Crippen molar-refractivity contribution in [3.8, 4) is 17.4 Å². The van der Waals surface area contributed by atoms with Gasteiger partial charge in [0, 0.05) is 7.05 Å². The van der Waals surface area contributed by atoms with Crippen LogP contribution in [0.25, 0.3) is 0 Å². The van der Waals surface area contributed by atoms with Crippen LogP contribution in [0.2, 0.25) is 0 Å². The minimum atomic E-state index is 0.581. The lowest BCUT2D eigenvalue weighted by Gasteiger charge is -2.08. The summed E-state index contributed by atoms with van der Waals surface area (Å²) in [5.41, 5.74) is 7.58. The molecule has 0 atom stereocenters. The number of aryl methyl sites for hydroxylation is 2. The Morgan fingerprint density at radius 1 is 1.15 bits per heavy atom. The molecule has 2 aromatic rings. The van der Waals surface area contributed by atoms with Crippen molar-refractivity contribution in [1.82, 2.24) is 9.78 Å². The Hall–Kier alpha value is -2.17. The second-order valence-corrected chi connectivity index (χ2v) is 4.55. The van der Waals surface area contributed by atoms with Crippen molar-refractivity contribution < 1.29 is 9.47 Å². The minimum Gasteiger partial charge on any atom is -0.494 e. The number of benzene rings is 1. The quantitative estimate of drug-likeness (QED) is 0.879. The summed E-state index contributed by atoms with van der Waals surface area (Å²) in [6, 6.07) is 7.46. The number of nitrogens with zero attached hydrogens (tertiary/aromatic N) is 2. The van der Waals surface area contributed by atoms with Crippen LogP contribution in [0.3, 0.4) is 0 Å². The predicted molar refractivity (Wildman–Crippen MR) is 79.3 cm³/mol. The van der Waals surface area contributed by atoms with E-state index in [1.807, 2.05) is 38.2 Å². The predicted octanol–water partition coefficient (Wildman–Crippen LogP) is 3.15. The number of nitrogen functional groups attached to an aromatic ring is 1. The number of anilines is 1. The van der Waals surface area contributed by atoms with E-state index in [1.54, 1.807) is 4.68 Å². The number of aromatic nitrogens is 2. The first-order valence-electron chi connectivity index (χ1n) is 6.87. The number of nitrogens with two attached hydrogens (primary N) is 1. The van der Waals surface area contributed by atoms with Crippen LogP contribution in [0.1, 0.15) is 26.0 Å². The lowest BCUT2D eigenvalue weighted by molar-refractivity contribution is 0.339. The van der Waals surface area contributed by atoms with Crippen LogP contribution in [0.5, 0.6) is 17.4 Å². The largest absolute Gasteiger partial charge is 0.494 e. The van der Waals surface area contributed by atoms with Crippen molar-refractivity contribution in [3.63, 3.8) is 0 Å². The maximum Gasteiger partial charge on any atom is 0.241 e. The number of hydrogen-bond acceptors (Lipinski definition) is 4. The second-order valence-electron chi connectivity index (χ2n) is 4.55. The van der Waals surface area contributed by atoms with Crippen molar-refractivity contribution in [2.24, 2.45) is 7.05 Å². The highest BCUT2D eigenvalue weighted by Crippen LogP contribution is 2.30. The van der Waals surface area contributed by atoms with Crippen molar-refractivity contribution in [3.05, 3.63) is 30.0 Å². The third-order valence-corrected chi connectivity index (χ3v) is 2.94. The molecular weight excluding hydrogens is 254 g/mol. The highest BCUT2D eigenvalue weighted by molar-refractivity contribution is 5.54. The molecule has 2 N–H and O–H groups in total. The fourth-order valence-electron chi connectivity index (χ4n) is 2.00. The van der Waals surface area contributed by atoms with Gasteiger partial charge in [-0.15, -0.1) is 0 Å². The molecule has 0 aliphatic rings. The molecule has 1 heterocycles. The van der Waals surface area contributed by atoms with E-state index in [0.29, 0.717) is 23.9 Å². The lowest BCUT2D eigenvalue weighted by atomic mass is 10.2. The Labute approximate surface area is 119 Å². The first-order valence-corrected chi connectivity index (χ1v) is 6.87. The molecule has 0 aliphatic heterocycles. The summed E-state index contributed by atoms with van der Waals surface area (Å²) in [5.74, 6) is 2.12. The number of rotatable bonds is 6. The summed E-state index contributed by atoms with van der Waals surface area (Å²) < 4.78 is 12.9. The molecule has 5 nitrogen and oxygen atoms in total. The van der Waals surface area contributed by atoms with Gasteiger partial charge in [-0.25, -0.2) is 4.68 Å². The Morgan fingerprint density at radius 2 is 1.80 bits per heavy atom. The Morgan fingerprint density at radius 3 is 2.40 bits per heavy atom. The first-order chi connectivity index (χ1) is 9.65. The highest BCUT2D eigenvalue weighted by atomic mass is 16.5. The molecule has 20 heavy (non-hydrogen) atoms. The normalized spacial score (nSPS) is 10.6. The molecule has 0 aliphatic carbocycles. The Bertz CT molecular complexity index is 561. The zero-order valence-corrected chi connectivity index (χ0v) is 12.2. The fourth-order valence-corrected chi connectivity index (χ4v) is 2.00. The van der Waals surface area contributed by atoms with Gasteiger partial charge >= 0.3 is 0 Å². The number of ether oxygens (including phenoxy) is 2. The van der Waals surface area contributed by atoms with Crippen LogP contribution >= 0.6 is 0 Å². The van der Waals surface area contributed by atoms with Crippen LogP contribution in [0, 0.1) is 0 Å². The van der Waals surface area contributed by atoms with E-state index in [4.69, 9.17) is 15.2 Å². The highest BCUT2D eigenvalue weighted by Gasteiger charge is 2.14. The van der Waals surface area contributed by atoms with Crippen LogP contribution in [-0.2, 0) is 13.5 Å². The van der Waals surface area contributed by atoms with Gasteiger partial charge < -0.3 is 15.2 Å². The summed E-state index contributed by atoms with van der Waals surface area (Å²) in [5, 5.41) is 4.39. The monoisotopic (exact) mass is 275 g/mol. The third kappa shape index (κ3) is 3.04. The van der Waals surface area contributed by atoms with Gasteiger partial charge in [0.05, 0.1) is 12.3 Å². The summed E-state index contributed by atoms with van der Waals surface area (Å²) >= 11 is 0. The molecule has 1 aromatic carbocycles. The van der Waals surface area contributed by atoms with Gasteiger partial charge in [0.2, 0.25) is 5.88 Å². The third-order valence-electron chi connectivity index (χ3n) is 2.94. The van der Waals surface area contributed by atoms with Crippen LogP contribution < -0.4 is 15.2 Å². The molecule has 0 saturated carbocycles. The maximum atomic E-state index is 6.08. The van der Waals surface area contributed by atoms with Crippen LogP contribution in [0.15, 0.2) is 24.3 Å². The molecule has 108 valence electrons. The first kappa shape index (κ1) is 14.2. The average molecular weight is 275 g/mol. The minimum absolute atomic E-state index is 0.581. The van der Waals surface area contributed by atoms with Gasteiger partial charge in [0.25, 0.3) is 0 Å². The summed E-state index contributed by atoms with van der Waals surface area (Å²) in [6.45, 7) is 4.70. The van der Waals surface area contributed by atoms with E-state index >= 15 is 0 Å². The summed E-state index contributed by atoms with van der Waals surface area (Å²) in [4.78, 5) is 0. The van der Waals surface area contributed by atoms with E-state index in [2.05, 4.69) is 12.0 Å². The van der Waals surface area contributed by atoms with Gasteiger partial charge in [-0.3, -0.25) is 0 Å². The van der Waals surface area contributed by atoms with Gasteiger partial charge in [0.15, 0.2) is 0 Å². The molecule has 0 spiro atoms. The van der Waals surface area contributed by atoms with Crippen molar-refractivity contribution >= 4 is 5.69 Å². The molecule has 5 heteroatoms. The van der Waals surface area contributed by atoms with Gasteiger partial charge in [-0.05, 0) is 37.6 Å². The molecular formula is C15H21N3O2. The van der Waals surface area contributed by atoms with Crippen molar-refractivity contribution in [2.75, 3.05) is 12.3 Å². The molecule has 0 radical (unpaired) electrons. The van der Waals surface area contributed by atoms with Crippen molar-refractivity contribution in [2.45, 2.75) is 26.7 Å². The van der Waals surface area contributed by atoms with E-state index < -0.39 is 0 Å². The molecule has 0 bridgehead atoms. The smallest absolute Gasteiger partial charge is 0.241 e. The zero-order chi connectivity index (χ0) is 14.5. The standard InChI is InChI=1S/C15H21N3O2/c1-4-6-13-14(16)15(18(3)17-13)20-12-9-7-11(8-10-12)19-5-2/h7-10H,4-6,16H2,1-3H3. The molecule has 2 rings (SSSR count). The van der Waals surface area contributed by atoms with Crippen molar-refractivity contribution in [1.29, 1.82) is 0 Å². The SMILES string of the molecule is CCCc1nn(C)c(Oc2ccc(OCC)cc2)c1N. The fraction of sp³-hybridized carbons (Fsp3) is 0.400. The van der Waals surface area contributed by atoms with Crippen LogP contribution in [-0.4, -0.2) is 16.4 Å². The Kier molecular flexibility index (Phi) is 4.50. The van der Waals surface area contributed by atoms with E-state index in [-0.39, 0.29) is 0 Å². The topological polar surface area (TPSA) is 62.3 Å². The van der Waals surface area contributed by atoms with Gasteiger partial charge in [0.1, 0.15) is 17.2 Å². The van der Waals surface area contributed by atoms with E-state index in [1.165, 1.54) is 0 Å². The average Bonchev–Trinajstić information content (AvgIpc) is 2.69. The van der Waals surface area contributed by atoms with Gasteiger partial charge in [-0.2, -0.15) is 5.10 Å². The molecule has 0 saturated heterocycles. The number of hydrogen-bond donors (Lipinski definition) is 1. The van der Waals surface area contributed by atoms with Gasteiger partial charge in [-0.1, -0.05) is 13.3 Å². The molecule has 0 fully saturated rings.